The highest BCUT2D eigenvalue weighted by atomic mass is 127. The van der Waals surface area contributed by atoms with Gasteiger partial charge in [-0.15, -0.1) is 0 Å². The zero-order valence-electron chi connectivity index (χ0n) is 5.92. The SMILES string of the molecule is CC1COC2C(I)COC12. The average molecular weight is 254 g/mol. The first-order valence-electron chi connectivity index (χ1n) is 3.66. The number of fused-ring (bicyclic) bond motifs is 1. The summed E-state index contributed by atoms with van der Waals surface area (Å²) in [5.41, 5.74) is 0. The van der Waals surface area contributed by atoms with Crippen LogP contribution in [0, 0.1) is 5.92 Å². The van der Waals surface area contributed by atoms with Gasteiger partial charge in [0.05, 0.1) is 29.3 Å². The molecule has 0 N–H and O–H groups in total. The Morgan fingerprint density at radius 1 is 1.20 bits per heavy atom. The van der Waals surface area contributed by atoms with E-state index in [0.29, 0.717) is 22.1 Å². The topological polar surface area (TPSA) is 18.5 Å². The van der Waals surface area contributed by atoms with Gasteiger partial charge < -0.3 is 9.47 Å². The molecule has 2 nitrogen and oxygen atoms in total. The van der Waals surface area contributed by atoms with Crippen LogP contribution in [-0.2, 0) is 9.47 Å². The maximum Gasteiger partial charge on any atom is 0.0979 e. The van der Waals surface area contributed by atoms with E-state index in [1.807, 2.05) is 0 Å². The molecule has 2 heterocycles. The van der Waals surface area contributed by atoms with Crippen LogP contribution in [0.2, 0.25) is 0 Å². The highest BCUT2D eigenvalue weighted by molar-refractivity contribution is 14.1. The Balaban J connectivity index is 2.09. The van der Waals surface area contributed by atoms with E-state index in [4.69, 9.17) is 9.47 Å². The summed E-state index contributed by atoms with van der Waals surface area (Å²) in [5.74, 6) is 0.602. The second-order valence-corrected chi connectivity index (χ2v) is 4.69. The number of halogens is 1. The van der Waals surface area contributed by atoms with Crippen molar-refractivity contribution in [1.82, 2.24) is 0 Å². The Bertz CT molecular complexity index is 124. The molecule has 3 heteroatoms. The van der Waals surface area contributed by atoms with E-state index in [2.05, 4.69) is 29.5 Å². The molecule has 0 aromatic heterocycles. The van der Waals surface area contributed by atoms with E-state index >= 15 is 0 Å². The molecule has 2 saturated heterocycles. The summed E-state index contributed by atoms with van der Waals surface area (Å²) in [5, 5.41) is 0. The quantitative estimate of drug-likeness (QED) is 0.478. The second-order valence-electron chi connectivity index (χ2n) is 3.09. The Labute approximate surface area is 74.4 Å². The van der Waals surface area contributed by atoms with Crippen LogP contribution in [0.5, 0.6) is 0 Å². The lowest BCUT2D eigenvalue weighted by atomic mass is 10.1. The Hall–Kier alpha value is 0.650. The van der Waals surface area contributed by atoms with Gasteiger partial charge in [0.1, 0.15) is 0 Å². The summed E-state index contributed by atoms with van der Waals surface area (Å²) in [6, 6.07) is 0. The van der Waals surface area contributed by atoms with Crippen LogP contribution in [0.15, 0.2) is 0 Å². The summed E-state index contributed by atoms with van der Waals surface area (Å²) in [6.45, 7) is 3.95. The number of hydrogen-bond donors (Lipinski definition) is 0. The highest BCUT2D eigenvalue weighted by Crippen LogP contribution is 2.34. The Kier molecular flexibility index (Phi) is 1.90. The van der Waals surface area contributed by atoms with Gasteiger partial charge in [0.15, 0.2) is 0 Å². The zero-order valence-corrected chi connectivity index (χ0v) is 8.08. The minimum absolute atomic E-state index is 0.385. The van der Waals surface area contributed by atoms with Crippen LogP contribution in [-0.4, -0.2) is 29.3 Å². The first-order chi connectivity index (χ1) is 4.79. The van der Waals surface area contributed by atoms with Crippen molar-refractivity contribution in [2.24, 2.45) is 5.92 Å². The van der Waals surface area contributed by atoms with Gasteiger partial charge in [-0.1, -0.05) is 29.5 Å². The molecular formula is C7H11IO2. The van der Waals surface area contributed by atoms with E-state index < -0.39 is 0 Å². The van der Waals surface area contributed by atoms with Crippen LogP contribution in [0.1, 0.15) is 6.92 Å². The molecule has 58 valence electrons. The van der Waals surface area contributed by atoms with Gasteiger partial charge in [0, 0.05) is 5.92 Å². The van der Waals surface area contributed by atoms with E-state index in [-0.39, 0.29) is 0 Å². The predicted octanol–water partition coefficient (Wildman–Crippen LogP) is 1.22. The van der Waals surface area contributed by atoms with Crippen LogP contribution < -0.4 is 0 Å². The molecule has 4 atom stereocenters. The first-order valence-corrected chi connectivity index (χ1v) is 4.91. The van der Waals surface area contributed by atoms with Crippen molar-refractivity contribution in [3.05, 3.63) is 0 Å². The largest absolute Gasteiger partial charge is 0.374 e. The summed E-state index contributed by atoms with van der Waals surface area (Å²) in [4.78, 5) is 0. The summed E-state index contributed by atoms with van der Waals surface area (Å²) < 4.78 is 11.7. The monoisotopic (exact) mass is 254 g/mol. The fraction of sp³-hybridized carbons (Fsp3) is 1.00. The minimum Gasteiger partial charge on any atom is -0.374 e. The maximum atomic E-state index is 5.57. The molecule has 0 amide bonds. The molecule has 2 fully saturated rings. The van der Waals surface area contributed by atoms with Crippen LogP contribution in [0.25, 0.3) is 0 Å². The highest BCUT2D eigenvalue weighted by Gasteiger charge is 2.44. The smallest absolute Gasteiger partial charge is 0.0979 e. The van der Waals surface area contributed by atoms with Gasteiger partial charge in [-0.25, -0.2) is 0 Å². The van der Waals surface area contributed by atoms with E-state index in [0.717, 1.165) is 13.2 Å². The van der Waals surface area contributed by atoms with Crippen LogP contribution in [0.4, 0.5) is 0 Å². The third-order valence-corrected chi connectivity index (χ3v) is 3.31. The number of rotatable bonds is 0. The van der Waals surface area contributed by atoms with Gasteiger partial charge in [-0.2, -0.15) is 0 Å². The third-order valence-electron chi connectivity index (χ3n) is 2.24. The van der Waals surface area contributed by atoms with Gasteiger partial charge in [0.25, 0.3) is 0 Å². The van der Waals surface area contributed by atoms with Crippen LogP contribution in [0.3, 0.4) is 0 Å². The Morgan fingerprint density at radius 3 is 2.60 bits per heavy atom. The summed E-state index contributed by atoms with van der Waals surface area (Å²) in [7, 11) is 0. The molecule has 0 spiro atoms. The van der Waals surface area contributed by atoms with Crippen LogP contribution >= 0.6 is 22.6 Å². The average Bonchev–Trinajstić information content (AvgIpc) is 2.41. The lowest BCUT2D eigenvalue weighted by molar-refractivity contribution is 0.0661. The molecule has 0 aromatic carbocycles. The molecule has 0 bridgehead atoms. The van der Waals surface area contributed by atoms with Gasteiger partial charge in [0.2, 0.25) is 0 Å². The Morgan fingerprint density at radius 2 is 1.90 bits per heavy atom. The molecule has 2 aliphatic rings. The van der Waals surface area contributed by atoms with Crippen molar-refractivity contribution >= 4 is 22.6 Å². The number of ether oxygens (including phenoxy) is 2. The second kappa shape index (κ2) is 2.60. The summed E-state index contributed by atoms with van der Waals surface area (Å²) >= 11 is 2.41. The normalized spacial score (nSPS) is 53.4. The van der Waals surface area contributed by atoms with E-state index in [1.165, 1.54) is 0 Å². The fourth-order valence-corrected chi connectivity index (χ4v) is 2.47. The van der Waals surface area contributed by atoms with Gasteiger partial charge in [-0.3, -0.25) is 0 Å². The van der Waals surface area contributed by atoms with E-state index in [9.17, 15) is 0 Å². The lowest BCUT2D eigenvalue weighted by Crippen LogP contribution is -2.24. The standard InChI is InChI=1S/C7H11IO2/c1-4-2-9-7-5(8)3-10-6(4)7/h4-7H,2-3H2,1H3. The molecule has 2 aliphatic heterocycles. The van der Waals surface area contributed by atoms with Crippen molar-refractivity contribution in [2.75, 3.05) is 13.2 Å². The van der Waals surface area contributed by atoms with Crippen molar-refractivity contribution in [3.8, 4) is 0 Å². The fourth-order valence-electron chi connectivity index (χ4n) is 1.64. The number of alkyl halides is 1. The van der Waals surface area contributed by atoms with Crippen molar-refractivity contribution < 1.29 is 9.47 Å². The minimum atomic E-state index is 0.385. The maximum absolute atomic E-state index is 5.57. The van der Waals surface area contributed by atoms with E-state index in [1.54, 1.807) is 0 Å². The predicted molar refractivity (Wildman–Crippen MR) is 46.5 cm³/mol. The van der Waals surface area contributed by atoms with Gasteiger partial charge in [-0.05, 0) is 0 Å². The molecule has 10 heavy (non-hydrogen) atoms. The summed E-state index contributed by atoms with van der Waals surface area (Å²) in [6.07, 6.45) is 0.775. The molecule has 0 radical (unpaired) electrons. The zero-order chi connectivity index (χ0) is 7.14. The number of hydrogen-bond acceptors (Lipinski definition) is 2. The van der Waals surface area contributed by atoms with Gasteiger partial charge >= 0.3 is 0 Å². The molecule has 0 aliphatic carbocycles. The van der Waals surface area contributed by atoms with Crippen molar-refractivity contribution in [2.45, 2.75) is 23.1 Å². The molecule has 4 unspecified atom stereocenters. The molecular weight excluding hydrogens is 243 g/mol. The first kappa shape index (κ1) is 7.31. The lowest BCUT2D eigenvalue weighted by Gasteiger charge is -2.10. The molecule has 0 saturated carbocycles. The van der Waals surface area contributed by atoms with Crippen molar-refractivity contribution in [1.29, 1.82) is 0 Å². The molecule has 2 rings (SSSR count). The van der Waals surface area contributed by atoms with Crippen molar-refractivity contribution in [3.63, 3.8) is 0 Å². The molecule has 0 aromatic rings. The third kappa shape index (κ3) is 0.987.